The molecular formula is C54H37N3S. The third-order valence-electron chi connectivity index (χ3n) is 11.8. The van der Waals surface area contributed by atoms with Gasteiger partial charge in [0.25, 0.3) is 0 Å². The maximum atomic E-state index is 5.44. The largest absolute Gasteiger partial charge is 0.208 e. The molecule has 2 aliphatic rings. The number of allylic oxidation sites excluding steroid dienone is 3. The van der Waals surface area contributed by atoms with E-state index in [0.717, 1.165) is 49.7 Å². The molecule has 58 heavy (non-hydrogen) atoms. The van der Waals surface area contributed by atoms with Gasteiger partial charge in [-0.2, -0.15) is 0 Å². The van der Waals surface area contributed by atoms with Crippen LogP contribution in [0.2, 0.25) is 0 Å². The first-order valence-corrected chi connectivity index (χ1v) is 20.7. The zero-order chi connectivity index (χ0) is 38.6. The Labute approximate surface area is 342 Å². The molecule has 0 N–H and O–H groups in total. The predicted molar refractivity (Wildman–Crippen MR) is 243 cm³/mol. The zero-order valence-corrected chi connectivity index (χ0v) is 32.7. The van der Waals surface area contributed by atoms with Crippen LogP contribution in [-0.4, -0.2) is 20.2 Å². The number of thioether (sulfide) groups is 1. The minimum absolute atomic E-state index is 0.0997. The number of nitrogens with zero attached hydrogens (tertiary/aromatic N) is 3. The summed E-state index contributed by atoms with van der Waals surface area (Å²) in [6.45, 7) is 2.34. The molecule has 0 saturated heterocycles. The van der Waals surface area contributed by atoms with E-state index < -0.39 is 0 Å². The second-order valence-electron chi connectivity index (χ2n) is 15.3. The Morgan fingerprint density at radius 2 is 1.05 bits per heavy atom. The molecule has 11 rings (SSSR count). The molecule has 1 aliphatic heterocycles. The Kier molecular flexibility index (Phi) is 8.27. The molecule has 0 fully saturated rings. The second-order valence-corrected chi connectivity index (χ2v) is 16.5. The van der Waals surface area contributed by atoms with Crippen molar-refractivity contribution in [2.75, 3.05) is 0 Å². The molecular weight excluding hydrogens is 723 g/mol. The minimum Gasteiger partial charge on any atom is -0.208 e. The lowest BCUT2D eigenvalue weighted by molar-refractivity contribution is 0.620. The summed E-state index contributed by atoms with van der Waals surface area (Å²) in [7, 11) is 0. The highest BCUT2D eigenvalue weighted by molar-refractivity contribution is 8.00. The van der Waals surface area contributed by atoms with Crippen molar-refractivity contribution in [3.8, 4) is 67.5 Å². The molecule has 9 aromatic rings. The Morgan fingerprint density at radius 3 is 1.83 bits per heavy atom. The molecule has 2 atom stereocenters. The highest BCUT2D eigenvalue weighted by Gasteiger charge is 2.43. The molecule has 2 unspecified atom stereocenters. The summed E-state index contributed by atoms with van der Waals surface area (Å²) >= 11 is 1.91. The first kappa shape index (κ1) is 34.4. The molecule has 3 nitrogen and oxygen atoms in total. The molecule has 2 heterocycles. The summed E-state index contributed by atoms with van der Waals surface area (Å²) in [5.74, 6) is 1.98. The van der Waals surface area contributed by atoms with E-state index in [1.807, 2.05) is 11.8 Å². The van der Waals surface area contributed by atoms with Gasteiger partial charge in [0, 0.05) is 32.3 Å². The summed E-state index contributed by atoms with van der Waals surface area (Å²) in [6.07, 6.45) is 9.00. The summed E-state index contributed by atoms with van der Waals surface area (Å²) in [5.41, 5.74) is 11.1. The lowest BCUT2D eigenvalue weighted by Crippen LogP contribution is -2.28. The topological polar surface area (TPSA) is 38.7 Å². The van der Waals surface area contributed by atoms with Gasteiger partial charge < -0.3 is 0 Å². The monoisotopic (exact) mass is 759 g/mol. The molecule has 0 amide bonds. The van der Waals surface area contributed by atoms with Crippen LogP contribution in [0, 0.1) is 0 Å². The quantitative estimate of drug-likeness (QED) is 0.169. The number of hydrogen-bond acceptors (Lipinski definition) is 4. The van der Waals surface area contributed by atoms with Gasteiger partial charge in [-0.3, -0.25) is 0 Å². The van der Waals surface area contributed by atoms with Crippen LogP contribution in [0.3, 0.4) is 0 Å². The SMILES string of the molecule is CC12C=CC=CC1Sc1c(-c3nc(-c4ccc(-c5ccc(-c6ccccc6)cc5)cc4)nc(-c4c(-c5ccc6ccccc6c5)ccc5ccccc45)n3)cccc12. The van der Waals surface area contributed by atoms with Crippen LogP contribution in [0.25, 0.3) is 89.1 Å². The lowest BCUT2D eigenvalue weighted by Gasteiger charge is -2.28. The van der Waals surface area contributed by atoms with E-state index in [1.54, 1.807) is 0 Å². The summed E-state index contributed by atoms with van der Waals surface area (Å²) < 4.78 is 0. The van der Waals surface area contributed by atoms with Gasteiger partial charge in [0.15, 0.2) is 17.5 Å². The Balaban J connectivity index is 1.09. The summed E-state index contributed by atoms with van der Waals surface area (Å²) in [5, 5.41) is 4.96. The highest BCUT2D eigenvalue weighted by Crippen LogP contribution is 2.55. The van der Waals surface area contributed by atoms with Crippen LogP contribution in [0.4, 0.5) is 0 Å². The van der Waals surface area contributed by atoms with E-state index in [4.69, 9.17) is 15.0 Å². The van der Waals surface area contributed by atoms with Gasteiger partial charge in [-0.1, -0.05) is 201 Å². The lowest BCUT2D eigenvalue weighted by atomic mass is 9.77. The number of aromatic nitrogens is 3. The van der Waals surface area contributed by atoms with Crippen molar-refractivity contribution in [1.82, 2.24) is 15.0 Å². The van der Waals surface area contributed by atoms with Crippen molar-refractivity contribution in [2.45, 2.75) is 22.5 Å². The molecule has 4 heteroatoms. The van der Waals surface area contributed by atoms with E-state index in [0.29, 0.717) is 22.7 Å². The van der Waals surface area contributed by atoms with E-state index in [1.165, 1.54) is 32.4 Å². The normalized spacial score (nSPS) is 16.7. The fraction of sp³-hybridized carbons (Fsp3) is 0.0556. The van der Waals surface area contributed by atoms with Gasteiger partial charge in [-0.25, -0.2) is 15.0 Å². The summed E-state index contributed by atoms with van der Waals surface area (Å²) in [4.78, 5) is 17.4. The van der Waals surface area contributed by atoms with Gasteiger partial charge >= 0.3 is 0 Å². The average Bonchev–Trinajstić information content (AvgIpc) is 3.61. The fourth-order valence-corrected chi connectivity index (χ4v) is 10.2. The van der Waals surface area contributed by atoms with Gasteiger partial charge in [-0.15, -0.1) is 11.8 Å². The second kappa shape index (κ2) is 13.9. The van der Waals surface area contributed by atoms with Crippen molar-refractivity contribution in [3.05, 3.63) is 206 Å². The van der Waals surface area contributed by atoms with E-state index in [-0.39, 0.29) is 5.41 Å². The van der Waals surface area contributed by atoms with E-state index in [2.05, 4.69) is 207 Å². The number of hydrogen-bond donors (Lipinski definition) is 0. The van der Waals surface area contributed by atoms with Crippen molar-refractivity contribution in [2.24, 2.45) is 0 Å². The van der Waals surface area contributed by atoms with Gasteiger partial charge in [-0.05, 0) is 66.6 Å². The predicted octanol–water partition coefficient (Wildman–Crippen LogP) is 14.0. The van der Waals surface area contributed by atoms with Gasteiger partial charge in [0.1, 0.15) is 0 Å². The molecule has 1 aliphatic carbocycles. The van der Waals surface area contributed by atoms with Crippen LogP contribution in [-0.2, 0) is 5.41 Å². The van der Waals surface area contributed by atoms with Crippen LogP contribution in [0.15, 0.2) is 205 Å². The number of fused-ring (bicyclic) bond motifs is 5. The maximum Gasteiger partial charge on any atom is 0.165 e. The molecule has 274 valence electrons. The Bertz CT molecular complexity index is 3090. The van der Waals surface area contributed by atoms with Crippen molar-refractivity contribution < 1.29 is 0 Å². The summed E-state index contributed by atoms with van der Waals surface area (Å²) in [6, 6.07) is 62.8. The van der Waals surface area contributed by atoms with Crippen molar-refractivity contribution in [1.29, 1.82) is 0 Å². The maximum absolute atomic E-state index is 5.44. The van der Waals surface area contributed by atoms with Crippen LogP contribution in [0.1, 0.15) is 12.5 Å². The standard InChI is InChI=1S/C54H37N3S/c1-54-33-10-9-20-48(54)58-50-46(18-11-19-47(50)54)52-55-51(41-28-25-39(26-29-41)38-23-21-37(22-24-38)35-12-3-2-4-13-35)56-53(57-52)49-44-17-8-7-15-40(44)31-32-45(49)43-30-27-36-14-5-6-16-42(36)34-43/h2-34,48H,1H3. The Hall–Kier alpha value is -6.88. The first-order chi connectivity index (χ1) is 28.6. The van der Waals surface area contributed by atoms with E-state index >= 15 is 0 Å². The number of rotatable bonds is 6. The zero-order valence-electron chi connectivity index (χ0n) is 31.9. The van der Waals surface area contributed by atoms with E-state index in [9.17, 15) is 0 Å². The van der Waals surface area contributed by atoms with Gasteiger partial charge in [0.2, 0.25) is 0 Å². The van der Waals surface area contributed by atoms with Crippen molar-refractivity contribution in [3.63, 3.8) is 0 Å². The third kappa shape index (κ3) is 5.88. The van der Waals surface area contributed by atoms with Gasteiger partial charge in [0.05, 0.1) is 0 Å². The smallest absolute Gasteiger partial charge is 0.165 e. The third-order valence-corrected chi connectivity index (χ3v) is 13.4. The van der Waals surface area contributed by atoms with Crippen LogP contribution in [0.5, 0.6) is 0 Å². The Morgan fingerprint density at radius 1 is 0.448 bits per heavy atom. The van der Waals surface area contributed by atoms with Crippen LogP contribution >= 0.6 is 11.8 Å². The molecule has 0 radical (unpaired) electrons. The highest BCUT2D eigenvalue weighted by atomic mass is 32.2. The minimum atomic E-state index is -0.0997. The van der Waals surface area contributed by atoms with Crippen LogP contribution < -0.4 is 0 Å². The molecule has 1 aromatic heterocycles. The first-order valence-electron chi connectivity index (χ1n) is 19.8. The molecule has 8 aromatic carbocycles. The molecule has 0 saturated carbocycles. The van der Waals surface area contributed by atoms with Crippen molar-refractivity contribution >= 4 is 33.3 Å². The average molecular weight is 760 g/mol. The fourth-order valence-electron chi connectivity index (χ4n) is 8.66. The molecule has 0 spiro atoms. The number of benzene rings is 8. The molecule has 0 bridgehead atoms.